The predicted octanol–water partition coefficient (Wildman–Crippen LogP) is 2.48. The first kappa shape index (κ1) is 18.8. The van der Waals surface area contributed by atoms with E-state index in [2.05, 4.69) is 4.98 Å². The van der Waals surface area contributed by atoms with Gasteiger partial charge in [-0.3, -0.25) is 9.59 Å². The molecule has 142 valence electrons. The summed E-state index contributed by atoms with van der Waals surface area (Å²) in [5.41, 5.74) is 9.02. The number of nitrogens with two attached hydrogens (primary N) is 1. The molecular weight excluding hydrogens is 346 g/mol. The fourth-order valence-electron chi connectivity index (χ4n) is 3.15. The summed E-state index contributed by atoms with van der Waals surface area (Å²) in [6, 6.07) is 9.16. The number of hydrogen-bond donors (Lipinski definition) is 1. The van der Waals surface area contributed by atoms with Gasteiger partial charge in [-0.15, -0.1) is 0 Å². The molecule has 0 saturated carbocycles. The molecule has 2 N–H and O–H groups in total. The van der Waals surface area contributed by atoms with Crippen LogP contribution in [0.4, 0.5) is 5.69 Å². The third-order valence-corrected chi connectivity index (χ3v) is 4.32. The van der Waals surface area contributed by atoms with Gasteiger partial charge in [-0.25, -0.2) is 4.98 Å². The summed E-state index contributed by atoms with van der Waals surface area (Å²) in [7, 11) is 0. The van der Waals surface area contributed by atoms with Crippen molar-refractivity contribution in [1.29, 1.82) is 0 Å². The van der Waals surface area contributed by atoms with Gasteiger partial charge in [0.15, 0.2) is 0 Å². The SMILES string of the molecule is CCOC(=O)CN1C(=O)CCc2c(Oc3cc(CN)cc(C)n3)cccc21. The van der Waals surface area contributed by atoms with Crippen LogP contribution in [-0.4, -0.2) is 30.0 Å². The van der Waals surface area contributed by atoms with Gasteiger partial charge < -0.3 is 20.1 Å². The minimum absolute atomic E-state index is 0.105. The van der Waals surface area contributed by atoms with Gasteiger partial charge in [0.05, 0.1) is 12.3 Å². The number of benzene rings is 1. The summed E-state index contributed by atoms with van der Waals surface area (Å²) in [6.45, 7) is 4.18. The zero-order valence-electron chi connectivity index (χ0n) is 15.5. The van der Waals surface area contributed by atoms with Crippen LogP contribution in [0.3, 0.4) is 0 Å². The monoisotopic (exact) mass is 369 g/mol. The number of hydrogen-bond acceptors (Lipinski definition) is 6. The van der Waals surface area contributed by atoms with Crippen LogP contribution >= 0.6 is 0 Å². The normalized spacial score (nSPS) is 13.3. The number of aromatic nitrogens is 1. The van der Waals surface area contributed by atoms with Crippen LogP contribution in [0, 0.1) is 6.92 Å². The first-order valence-corrected chi connectivity index (χ1v) is 8.95. The van der Waals surface area contributed by atoms with Gasteiger partial charge >= 0.3 is 5.97 Å². The van der Waals surface area contributed by atoms with Crippen LogP contribution in [-0.2, 0) is 27.3 Å². The van der Waals surface area contributed by atoms with Gasteiger partial charge in [-0.2, -0.15) is 0 Å². The van der Waals surface area contributed by atoms with E-state index in [0.29, 0.717) is 36.7 Å². The lowest BCUT2D eigenvalue weighted by atomic mass is 10.00. The molecule has 2 aromatic rings. The molecular formula is C20H23N3O4. The molecule has 1 amide bonds. The molecule has 0 saturated heterocycles. The van der Waals surface area contributed by atoms with Crippen molar-refractivity contribution in [1.82, 2.24) is 4.98 Å². The van der Waals surface area contributed by atoms with E-state index in [1.54, 1.807) is 19.1 Å². The number of ether oxygens (including phenoxy) is 2. The Balaban J connectivity index is 1.91. The fourth-order valence-corrected chi connectivity index (χ4v) is 3.15. The number of nitrogens with zero attached hydrogens (tertiary/aromatic N) is 2. The quantitative estimate of drug-likeness (QED) is 0.786. The minimum Gasteiger partial charge on any atom is -0.465 e. The molecule has 0 unspecified atom stereocenters. The maximum Gasteiger partial charge on any atom is 0.326 e. The molecule has 0 spiro atoms. The standard InChI is InChI=1S/C20H23N3O4/c1-3-26-20(25)12-23-16-5-4-6-17(15(16)7-8-19(23)24)27-18-10-14(11-21)9-13(2)22-18/h4-6,9-10H,3,7-8,11-12,21H2,1-2H3. The third kappa shape index (κ3) is 4.25. The fraction of sp³-hybridized carbons (Fsp3) is 0.350. The number of esters is 1. The Bertz CT molecular complexity index is 866. The van der Waals surface area contributed by atoms with Crippen molar-refractivity contribution < 1.29 is 19.1 Å². The average Bonchev–Trinajstić information content (AvgIpc) is 2.64. The van der Waals surface area contributed by atoms with E-state index in [0.717, 1.165) is 16.8 Å². The molecule has 0 fully saturated rings. The van der Waals surface area contributed by atoms with Gasteiger partial charge in [-0.05, 0) is 44.0 Å². The highest BCUT2D eigenvalue weighted by atomic mass is 16.5. The first-order chi connectivity index (χ1) is 13.0. The summed E-state index contributed by atoms with van der Waals surface area (Å²) in [4.78, 5) is 30.1. The maximum atomic E-state index is 12.3. The van der Waals surface area contributed by atoms with E-state index >= 15 is 0 Å². The molecule has 1 aliphatic rings. The topological polar surface area (TPSA) is 94.8 Å². The molecule has 1 aliphatic heterocycles. The van der Waals surface area contributed by atoms with Crippen molar-refractivity contribution in [2.75, 3.05) is 18.1 Å². The third-order valence-electron chi connectivity index (χ3n) is 4.32. The Labute approximate surface area is 158 Å². The van der Waals surface area contributed by atoms with Crippen LogP contribution in [0.1, 0.15) is 30.2 Å². The molecule has 7 heteroatoms. The van der Waals surface area contributed by atoms with Crippen LogP contribution < -0.4 is 15.4 Å². The van der Waals surface area contributed by atoms with E-state index in [1.807, 2.05) is 25.1 Å². The van der Waals surface area contributed by atoms with Crippen molar-refractivity contribution in [3.05, 3.63) is 47.2 Å². The zero-order valence-corrected chi connectivity index (χ0v) is 15.5. The van der Waals surface area contributed by atoms with Gasteiger partial charge in [0.25, 0.3) is 0 Å². The van der Waals surface area contributed by atoms with Crippen LogP contribution in [0.15, 0.2) is 30.3 Å². The van der Waals surface area contributed by atoms with E-state index in [4.69, 9.17) is 15.2 Å². The van der Waals surface area contributed by atoms with Crippen molar-refractivity contribution >= 4 is 17.6 Å². The lowest BCUT2D eigenvalue weighted by Crippen LogP contribution is -2.39. The molecule has 2 heterocycles. The largest absolute Gasteiger partial charge is 0.465 e. The second-order valence-electron chi connectivity index (χ2n) is 6.30. The Morgan fingerprint density at radius 3 is 2.85 bits per heavy atom. The maximum absolute atomic E-state index is 12.3. The van der Waals surface area contributed by atoms with Crippen molar-refractivity contribution in [2.24, 2.45) is 5.73 Å². The number of carbonyl (C=O) groups is 2. The molecule has 1 aromatic carbocycles. The minimum atomic E-state index is -0.432. The van der Waals surface area contributed by atoms with Gasteiger partial charge in [0.2, 0.25) is 11.8 Å². The molecule has 0 aliphatic carbocycles. The van der Waals surface area contributed by atoms with E-state index in [9.17, 15) is 9.59 Å². The van der Waals surface area contributed by atoms with Crippen molar-refractivity contribution in [3.63, 3.8) is 0 Å². The lowest BCUT2D eigenvalue weighted by Gasteiger charge is -2.29. The lowest BCUT2D eigenvalue weighted by molar-refractivity contribution is -0.142. The van der Waals surface area contributed by atoms with Crippen molar-refractivity contribution in [2.45, 2.75) is 33.2 Å². The van der Waals surface area contributed by atoms with E-state index in [1.165, 1.54) is 4.90 Å². The molecule has 0 atom stereocenters. The number of carbonyl (C=O) groups excluding carboxylic acids is 2. The summed E-state index contributed by atoms with van der Waals surface area (Å²) in [6.07, 6.45) is 0.849. The highest BCUT2D eigenvalue weighted by Gasteiger charge is 2.28. The van der Waals surface area contributed by atoms with E-state index in [-0.39, 0.29) is 19.1 Å². The van der Waals surface area contributed by atoms with Gasteiger partial charge in [0.1, 0.15) is 12.3 Å². The van der Waals surface area contributed by atoms with Crippen LogP contribution in [0.25, 0.3) is 0 Å². The highest BCUT2D eigenvalue weighted by molar-refractivity contribution is 6.00. The average molecular weight is 369 g/mol. The Kier molecular flexibility index (Phi) is 5.71. The summed E-state index contributed by atoms with van der Waals surface area (Å²) in [5, 5.41) is 0. The number of fused-ring (bicyclic) bond motifs is 1. The number of pyridine rings is 1. The van der Waals surface area contributed by atoms with Crippen LogP contribution in [0.5, 0.6) is 11.6 Å². The molecule has 0 bridgehead atoms. The number of aryl methyl sites for hydroxylation is 1. The van der Waals surface area contributed by atoms with Gasteiger partial charge in [-0.1, -0.05) is 6.07 Å². The highest BCUT2D eigenvalue weighted by Crippen LogP contribution is 2.36. The smallest absolute Gasteiger partial charge is 0.326 e. The molecule has 3 rings (SSSR count). The predicted molar refractivity (Wildman–Crippen MR) is 101 cm³/mol. The Hall–Kier alpha value is -2.93. The molecule has 27 heavy (non-hydrogen) atoms. The molecule has 1 aromatic heterocycles. The number of amides is 1. The second kappa shape index (κ2) is 8.18. The summed E-state index contributed by atoms with van der Waals surface area (Å²) < 4.78 is 11.0. The zero-order chi connectivity index (χ0) is 19.4. The number of anilines is 1. The van der Waals surface area contributed by atoms with Crippen LogP contribution in [0.2, 0.25) is 0 Å². The van der Waals surface area contributed by atoms with Gasteiger partial charge in [0, 0.05) is 30.3 Å². The Morgan fingerprint density at radius 1 is 1.30 bits per heavy atom. The van der Waals surface area contributed by atoms with Crippen molar-refractivity contribution in [3.8, 4) is 11.6 Å². The molecule has 7 nitrogen and oxygen atoms in total. The molecule has 0 radical (unpaired) electrons. The second-order valence-corrected chi connectivity index (χ2v) is 6.30. The first-order valence-electron chi connectivity index (χ1n) is 8.95. The summed E-state index contributed by atoms with van der Waals surface area (Å²) in [5.74, 6) is 0.539. The number of rotatable bonds is 6. The summed E-state index contributed by atoms with van der Waals surface area (Å²) >= 11 is 0. The Morgan fingerprint density at radius 2 is 2.11 bits per heavy atom. The van der Waals surface area contributed by atoms with E-state index < -0.39 is 5.97 Å².